The van der Waals surface area contributed by atoms with E-state index in [1.54, 1.807) is 6.92 Å². The topological polar surface area (TPSA) is 128 Å². The van der Waals surface area contributed by atoms with Crippen molar-refractivity contribution in [1.82, 2.24) is 10.1 Å². The van der Waals surface area contributed by atoms with E-state index in [2.05, 4.69) is 15.9 Å². The Balaban J connectivity index is 1.43. The fourth-order valence-electron chi connectivity index (χ4n) is 4.03. The second kappa shape index (κ2) is 8.27. The molecule has 3 N–H and O–H groups in total. The minimum absolute atomic E-state index is 0.00872. The lowest BCUT2D eigenvalue weighted by Crippen LogP contribution is -2.13. The average molecular weight is 483 g/mol. The van der Waals surface area contributed by atoms with Crippen LogP contribution in [0.15, 0.2) is 45.8 Å². The van der Waals surface area contributed by atoms with Crippen LogP contribution in [0.5, 0.6) is 0 Å². The summed E-state index contributed by atoms with van der Waals surface area (Å²) in [7, 11) is -3.86. The summed E-state index contributed by atoms with van der Waals surface area (Å²) in [6, 6.07) is 9.29. The van der Waals surface area contributed by atoms with Crippen LogP contribution in [0.4, 0.5) is 11.5 Å². The summed E-state index contributed by atoms with van der Waals surface area (Å²) in [5, 5.41) is 4.45. The molecule has 0 spiro atoms. The summed E-state index contributed by atoms with van der Waals surface area (Å²) in [6.45, 7) is 1.66. The van der Waals surface area contributed by atoms with Crippen molar-refractivity contribution in [1.29, 1.82) is 0 Å². The number of ketones is 1. The second-order valence-corrected chi connectivity index (χ2v) is 10.8. The van der Waals surface area contributed by atoms with Crippen LogP contribution < -0.4 is 10.5 Å². The van der Waals surface area contributed by atoms with Crippen LogP contribution in [0.2, 0.25) is 0 Å². The third-order valence-electron chi connectivity index (χ3n) is 5.75. The third-order valence-corrected chi connectivity index (χ3v) is 8.23. The molecule has 33 heavy (non-hydrogen) atoms. The van der Waals surface area contributed by atoms with Crippen molar-refractivity contribution in [3.8, 4) is 0 Å². The summed E-state index contributed by atoms with van der Waals surface area (Å²) in [5.74, 6) is 0.326. The minimum Gasteiger partial charge on any atom is -0.397 e. The Hall–Kier alpha value is -3.24. The molecule has 5 rings (SSSR count). The van der Waals surface area contributed by atoms with Gasteiger partial charge in [0.25, 0.3) is 10.0 Å². The van der Waals surface area contributed by atoms with E-state index in [4.69, 9.17) is 15.2 Å². The molecule has 0 fully saturated rings. The van der Waals surface area contributed by atoms with Gasteiger partial charge in [0, 0.05) is 22.7 Å². The highest BCUT2D eigenvalue weighted by molar-refractivity contribution is 7.92. The van der Waals surface area contributed by atoms with Crippen LogP contribution in [-0.4, -0.2) is 24.3 Å². The van der Waals surface area contributed by atoms with Gasteiger partial charge >= 0.3 is 0 Å². The maximum atomic E-state index is 13.2. The maximum absolute atomic E-state index is 13.2. The highest BCUT2D eigenvalue weighted by atomic mass is 32.2. The number of nitrogen functional groups attached to an aromatic ring is 1. The zero-order chi connectivity index (χ0) is 23.2. The van der Waals surface area contributed by atoms with E-state index < -0.39 is 10.0 Å². The number of rotatable bonds is 5. The van der Waals surface area contributed by atoms with Crippen molar-refractivity contribution < 1.29 is 17.7 Å². The van der Waals surface area contributed by atoms with Crippen molar-refractivity contribution in [3.05, 3.63) is 63.9 Å². The lowest BCUT2D eigenvalue weighted by Gasteiger charge is -2.06. The van der Waals surface area contributed by atoms with Crippen LogP contribution >= 0.6 is 11.3 Å². The molecule has 0 amide bonds. The van der Waals surface area contributed by atoms with Crippen LogP contribution in [-0.2, 0) is 22.9 Å². The van der Waals surface area contributed by atoms with Crippen LogP contribution in [0.1, 0.15) is 51.5 Å². The predicted octanol–water partition coefficient (Wildman–Crippen LogP) is 4.48. The SMILES string of the molecule is Cc1cc(NS(=O)(=O)c2ccc(C(=O)c3sc4nc5c(cc4c3N)CCCCC5)cc2)no1. The van der Waals surface area contributed by atoms with E-state index in [9.17, 15) is 13.2 Å². The molecule has 1 aliphatic carbocycles. The number of anilines is 2. The lowest BCUT2D eigenvalue weighted by atomic mass is 10.1. The van der Waals surface area contributed by atoms with E-state index in [0.717, 1.165) is 41.6 Å². The number of nitrogens with one attached hydrogen (secondary N) is 1. The standard InChI is InChI=1S/C23H22N4O4S2/c1-13-11-19(26-31-13)27-33(29,30)16-9-7-14(8-10-16)21(28)22-20(24)17-12-15-5-3-2-4-6-18(15)25-23(17)32-22/h7-12H,2-6,24H2,1H3,(H,26,27). The van der Waals surface area contributed by atoms with Gasteiger partial charge in [0.05, 0.1) is 10.6 Å². The van der Waals surface area contributed by atoms with Gasteiger partial charge in [-0.05, 0) is 68.5 Å². The molecule has 1 aliphatic rings. The molecular formula is C23H22N4O4S2. The summed E-state index contributed by atoms with van der Waals surface area (Å²) in [4.78, 5) is 19.2. The number of hydrogen-bond donors (Lipinski definition) is 2. The van der Waals surface area contributed by atoms with Gasteiger partial charge in [0.15, 0.2) is 5.82 Å². The number of nitrogens with zero attached hydrogens (tertiary/aromatic N) is 2. The fourth-order valence-corrected chi connectivity index (χ4v) is 6.07. The van der Waals surface area contributed by atoms with E-state index in [1.165, 1.54) is 53.7 Å². The quantitative estimate of drug-likeness (QED) is 0.317. The molecule has 0 bridgehead atoms. The number of carbonyl (C=O) groups excluding carboxylic acids is 1. The number of sulfonamides is 1. The fraction of sp³-hybridized carbons (Fsp3) is 0.261. The Morgan fingerprint density at radius 3 is 2.61 bits per heavy atom. The number of benzene rings is 1. The zero-order valence-electron chi connectivity index (χ0n) is 17.9. The molecule has 0 aliphatic heterocycles. The van der Waals surface area contributed by atoms with Gasteiger partial charge in [-0.25, -0.2) is 13.4 Å². The van der Waals surface area contributed by atoms with E-state index >= 15 is 0 Å². The largest absolute Gasteiger partial charge is 0.397 e. The number of carbonyl (C=O) groups is 1. The Bertz CT molecular complexity index is 1470. The molecule has 170 valence electrons. The van der Waals surface area contributed by atoms with Gasteiger partial charge in [0.1, 0.15) is 15.5 Å². The van der Waals surface area contributed by atoms with Crippen LogP contribution in [0.25, 0.3) is 10.2 Å². The summed E-state index contributed by atoms with van der Waals surface area (Å²) < 4.78 is 32.4. The first-order chi connectivity index (χ1) is 15.8. The van der Waals surface area contributed by atoms with Crippen molar-refractivity contribution >= 4 is 48.9 Å². The summed E-state index contributed by atoms with van der Waals surface area (Å²) in [6.07, 6.45) is 5.39. The third kappa shape index (κ3) is 4.11. The van der Waals surface area contributed by atoms with Crippen molar-refractivity contribution in [3.63, 3.8) is 0 Å². The van der Waals surface area contributed by atoms with Crippen LogP contribution in [0.3, 0.4) is 0 Å². The molecule has 0 atom stereocenters. The number of thiophene rings is 1. The molecule has 4 aromatic rings. The van der Waals surface area contributed by atoms with E-state index in [-0.39, 0.29) is 16.5 Å². The average Bonchev–Trinajstić information content (AvgIpc) is 3.24. The molecule has 0 unspecified atom stereocenters. The Kier molecular flexibility index (Phi) is 5.41. The van der Waals surface area contributed by atoms with Crippen molar-refractivity contribution in [2.24, 2.45) is 0 Å². The molecule has 8 nitrogen and oxygen atoms in total. The number of hydrogen-bond acceptors (Lipinski definition) is 8. The molecular weight excluding hydrogens is 460 g/mol. The number of pyridine rings is 1. The highest BCUT2D eigenvalue weighted by Gasteiger charge is 2.22. The molecule has 0 saturated heterocycles. The number of aromatic nitrogens is 2. The Morgan fingerprint density at radius 1 is 1.12 bits per heavy atom. The normalized spacial score (nSPS) is 14.1. The molecule has 3 aromatic heterocycles. The summed E-state index contributed by atoms with van der Waals surface area (Å²) in [5.41, 5.74) is 9.46. The van der Waals surface area contributed by atoms with Gasteiger partial charge < -0.3 is 10.3 Å². The molecule has 1 aromatic carbocycles. The first-order valence-corrected chi connectivity index (χ1v) is 12.9. The van der Waals surface area contributed by atoms with Gasteiger partial charge in [0.2, 0.25) is 5.78 Å². The van der Waals surface area contributed by atoms with Crippen molar-refractivity contribution in [2.75, 3.05) is 10.5 Å². The van der Waals surface area contributed by atoms with Crippen molar-refractivity contribution in [2.45, 2.75) is 43.9 Å². The molecule has 0 saturated carbocycles. The van der Waals surface area contributed by atoms with Gasteiger partial charge in [-0.15, -0.1) is 11.3 Å². The number of aryl methyl sites for hydroxylation is 3. The Morgan fingerprint density at radius 2 is 1.88 bits per heavy atom. The number of nitrogens with two attached hydrogens (primary N) is 1. The van der Waals surface area contributed by atoms with Gasteiger partial charge in [-0.2, -0.15) is 0 Å². The first kappa shape index (κ1) is 21.6. The molecule has 10 heteroatoms. The Labute approximate surface area is 194 Å². The molecule has 3 heterocycles. The monoisotopic (exact) mass is 482 g/mol. The summed E-state index contributed by atoms with van der Waals surface area (Å²) >= 11 is 1.29. The molecule has 0 radical (unpaired) electrons. The predicted molar refractivity (Wildman–Crippen MR) is 127 cm³/mol. The van der Waals surface area contributed by atoms with Gasteiger partial charge in [-0.3, -0.25) is 9.52 Å². The highest BCUT2D eigenvalue weighted by Crippen LogP contribution is 2.36. The second-order valence-electron chi connectivity index (χ2n) is 8.13. The lowest BCUT2D eigenvalue weighted by molar-refractivity contribution is 0.104. The first-order valence-electron chi connectivity index (χ1n) is 10.6. The zero-order valence-corrected chi connectivity index (χ0v) is 19.6. The van der Waals surface area contributed by atoms with Crippen LogP contribution in [0, 0.1) is 6.92 Å². The minimum atomic E-state index is -3.86. The van der Waals surface area contributed by atoms with E-state index in [1.807, 2.05) is 0 Å². The van der Waals surface area contributed by atoms with Gasteiger partial charge in [-0.1, -0.05) is 11.6 Å². The smallest absolute Gasteiger partial charge is 0.263 e. The maximum Gasteiger partial charge on any atom is 0.263 e. The number of fused-ring (bicyclic) bond motifs is 2. The van der Waals surface area contributed by atoms with E-state index in [0.29, 0.717) is 21.9 Å².